The van der Waals surface area contributed by atoms with Gasteiger partial charge in [-0.3, -0.25) is 0 Å². The van der Waals surface area contributed by atoms with Crippen molar-refractivity contribution >= 4 is 17.2 Å². The molecule has 4 heteroatoms. The lowest BCUT2D eigenvalue weighted by Gasteiger charge is -2.46. The molecule has 0 atom stereocenters. The molecule has 2 aliphatic rings. The van der Waals surface area contributed by atoms with Crippen molar-refractivity contribution in [3.8, 4) is 0 Å². The van der Waals surface area contributed by atoms with Crippen molar-refractivity contribution in [3.63, 3.8) is 0 Å². The zero-order chi connectivity index (χ0) is 10.2. The lowest BCUT2D eigenvalue weighted by atomic mass is 9.79. The van der Waals surface area contributed by atoms with Gasteiger partial charge >= 0.3 is 0 Å². The highest BCUT2D eigenvalue weighted by Crippen LogP contribution is 2.38. The van der Waals surface area contributed by atoms with Crippen LogP contribution < -0.4 is 5.73 Å². The van der Waals surface area contributed by atoms with Crippen LogP contribution in [0.4, 0.5) is 0 Å². The first-order valence-electron chi connectivity index (χ1n) is 5.29. The second-order valence-corrected chi connectivity index (χ2v) is 5.44. The Morgan fingerprint density at radius 1 is 1.43 bits per heavy atom. The van der Waals surface area contributed by atoms with Gasteiger partial charge in [0.2, 0.25) is 0 Å². The highest BCUT2D eigenvalue weighted by atomic mass is 32.1. The van der Waals surface area contributed by atoms with E-state index in [0.717, 1.165) is 13.0 Å². The van der Waals surface area contributed by atoms with Gasteiger partial charge in [-0.1, -0.05) is 12.2 Å². The van der Waals surface area contributed by atoms with Gasteiger partial charge in [0.05, 0.1) is 4.99 Å². The third-order valence-electron chi connectivity index (χ3n) is 3.40. The van der Waals surface area contributed by atoms with E-state index in [9.17, 15) is 0 Å². The fraction of sp³-hybridized carbons (Fsp3) is 0.900. The minimum atomic E-state index is 0.616. The van der Waals surface area contributed by atoms with Crippen LogP contribution in [0.2, 0.25) is 0 Å². The van der Waals surface area contributed by atoms with Crippen LogP contribution in [0.3, 0.4) is 0 Å². The van der Waals surface area contributed by atoms with Gasteiger partial charge in [-0.05, 0) is 20.0 Å². The first kappa shape index (κ1) is 10.3. The summed E-state index contributed by atoms with van der Waals surface area (Å²) >= 11 is 4.89. The molecule has 0 amide bonds. The molecule has 2 rings (SSSR count). The third-order valence-corrected chi connectivity index (χ3v) is 3.61. The smallest absolute Gasteiger partial charge is 0.0740 e. The largest absolute Gasteiger partial charge is 0.393 e. The topological polar surface area (TPSA) is 32.5 Å². The monoisotopic (exact) mass is 213 g/mol. The van der Waals surface area contributed by atoms with E-state index >= 15 is 0 Å². The maximum Gasteiger partial charge on any atom is 0.0740 e. The Morgan fingerprint density at radius 3 is 2.71 bits per heavy atom. The number of hydrogen-bond acceptors (Lipinski definition) is 3. The van der Waals surface area contributed by atoms with Crippen molar-refractivity contribution in [1.29, 1.82) is 0 Å². The minimum Gasteiger partial charge on any atom is -0.393 e. The number of hydrogen-bond donors (Lipinski definition) is 1. The Balaban J connectivity index is 1.75. The second-order valence-electron chi connectivity index (χ2n) is 4.91. The van der Waals surface area contributed by atoms with Gasteiger partial charge in [0, 0.05) is 38.0 Å². The first-order chi connectivity index (χ1) is 6.60. The predicted octanol–water partition coefficient (Wildman–Crippen LogP) is 0.300. The first-order valence-corrected chi connectivity index (χ1v) is 5.70. The average molecular weight is 213 g/mol. The fourth-order valence-electron chi connectivity index (χ4n) is 2.84. The molecule has 0 unspecified atom stereocenters. The van der Waals surface area contributed by atoms with Gasteiger partial charge in [0.1, 0.15) is 0 Å². The molecule has 2 aliphatic heterocycles. The lowest BCUT2D eigenvalue weighted by Crippen LogP contribution is -2.55. The van der Waals surface area contributed by atoms with Crippen LogP contribution in [-0.2, 0) is 0 Å². The standard InChI is InChI=1S/C10H19N3S/c1-12-6-10(7-12)3-5-13(8-10)4-2-9(11)14/h2-8H2,1H3,(H2,11,14). The molecule has 3 nitrogen and oxygen atoms in total. The molecule has 14 heavy (non-hydrogen) atoms. The van der Waals surface area contributed by atoms with Crippen LogP contribution >= 0.6 is 12.2 Å². The van der Waals surface area contributed by atoms with E-state index < -0.39 is 0 Å². The summed E-state index contributed by atoms with van der Waals surface area (Å²) in [6.07, 6.45) is 2.23. The molecule has 2 saturated heterocycles. The van der Waals surface area contributed by atoms with E-state index in [1.807, 2.05) is 0 Å². The van der Waals surface area contributed by atoms with Crippen LogP contribution in [0.15, 0.2) is 0 Å². The van der Waals surface area contributed by atoms with Crippen LogP contribution in [-0.4, -0.2) is 54.6 Å². The summed E-state index contributed by atoms with van der Waals surface area (Å²) in [5, 5.41) is 0. The van der Waals surface area contributed by atoms with Crippen LogP contribution in [0.1, 0.15) is 12.8 Å². The van der Waals surface area contributed by atoms with E-state index in [-0.39, 0.29) is 0 Å². The van der Waals surface area contributed by atoms with Crippen LogP contribution in [0.5, 0.6) is 0 Å². The van der Waals surface area contributed by atoms with E-state index in [4.69, 9.17) is 18.0 Å². The lowest BCUT2D eigenvalue weighted by molar-refractivity contribution is 0.0310. The molecule has 80 valence electrons. The Morgan fingerprint density at radius 2 is 2.14 bits per heavy atom. The van der Waals surface area contributed by atoms with E-state index in [0.29, 0.717) is 10.4 Å². The number of likely N-dealkylation sites (tertiary alicyclic amines) is 2. The Hall–Kier alpha value is -0.190. The zero-order valence-electron chi connectivity index (χ0n) is 8.83. The summed E-state index contributed by atoms with van der Waals surface area (Å²) in [5.74, 6) is 0. The number of nitrogens with two attached hydrogens (primary N) is 1. The molecular formula is C10H19N3S. The number of nitrogens with zero attached hydrogens (tertiary/aromatic N) is 2. The van der Waals surface area contributed by atoms with Crippen molar-refractivity contribution in [1.82, 2.24) is 9.80 Å². The van der Waals surface area contributed by atoms with Crippen molar-refractivity contribution in [3.05, 3.63) is 0 Å². The van der Waals surface area contributed by atoms with Crippen molar-refractivity contribution in [2.45, 2.75) is 12.8 Å². The summed E-state index contributed by atoms with van der Waals surface area (Å²) in [6, 6.07) is 0. The fourth-order valence-corrected chi connectivity index (χ4v) is 2.94. The molecule has 0 aromatic carbocycles. The van der Waals surface area contributed by atoms with Gasteiger partial charge in [-0.15, -0.1) is 0 Å². The average Bonchev–Trinajstić information content (AvgIpc) is 2.45. The maximum atomic E-state index is 5.50. The molecule has 0 radical (unpaired) electrons. The molecule has 0 saturated carbocycles. The Bertz CT molecular complexity index is 236. The highest BCUT2D eigenvalue weighted by Gasteiger charge is 2.45. The summed E-state index contributed by atoms with van der Waals surface area (Å²) in [4.78, 5) is 5.56. The molecule has 0 bridgehead atoms. The number of rotatable bonds is 3. The van der Waals surface area contributed by atoms with E-state index in [1.54, 1.807) is 0 Å². The second kappa shape index (κ2) is 3.76. The van der Waals surface area contributed by atoms with Crippen molar-refractivity contribution in [2.24, 2.45) is 11.1 Å². The molecule has 0 aromatic heterocycles. The van der Waals surface area contributed by atoms with Gasteiger partial charge in [0.15, 0.2) is 0 Å². The SMILES string of the molecule is CN1CC2(CCN(CCC(N)=S)C2)C1. The highest BCUT2D eigenvalue weighted by molar-refractivity contribution is 7.80. The molecule has 0 aliphatic carbocycles. The molecular weight excluding hydrogens is 194 g/mol. The molecule has 2 fully saturated rings. The third kappa shape index (κ3) is 2.07. The molecule has 2 heterocycles. The van der Waals surface area contributed by atoms with Gasteiger partial charge < -0.3 is 15.5 Å². The number of thiocarbonyl (C=S) groups is 1. The van der Waals surface area contributed by atoms with Crippen molar-refractivity contribution in [2.75, 3.05) is 39.8 Å². The quantitative estimate of drug-likeness (QED) is 0.684. The van der Waals surface area contributed by atoms with E-state index in [1.165, 1.54) is 32.6 Å². The molecule has 0 aromatic rings. The maximum absolute atomic E-state index is 5.50. The summed E-state index contributed by atoms with van der Waals surface area (Å²) in [6.45, 7) is 6.09. The summed E-state index contributed by atoms with van der Waals surface area (Å²) in [5.41, 5.74) is 6.12. The van der Waals surface area contributed by atoms with E-state index in [2.05, 4.69) is 16.8 Å². The van der Waals surface area contributed by atoms with Gasteiger partial charge in [0.25, 0.3) is 0 Å². The minimum absolute atomic E-state index is 0.616. The zero-order valence-corrected chi connectivity index (χ0v) is 9.65. The van der Waals surface area contributed by atoms with Crippen molar-refractivity contribution < 1.29 is 0 Å². The predicted molar refractivity (Wildman–Crippen MR) is 62.4 cm³/mol. The Kier molecular flexibility index (Phi) is 2.77. The van der Waals surface area contributed by atoms with Crippen LogP contribution in [0.25, 0.3) is 0 Å². The van der Waals surface area contributed by atoms with Gasteiger partial charge in [-0.25, -0.2) is 0 Å². The molecule has 2 N–H and O–H groups in total. The summed E-state index contributed by atoms with van der Waals surface area (Å²) < 4.78 is 0. The van der Waals surface area contributed by atoms with Gasteiger partial charge in [-0.2, -0.15) is 0 Å². The normalized spacial score (nSPS) is 26.6. The van der Waals surface area contributed by atoms with Crippen LogP contribution in [0, 0.1) is 5.41 Å². The summed E-state index contributed by atoms with van der Waals surface area (Å²) in [7, 11) is 2.20. The molecule has 1 spiro atoms. The Labute approximate surface area is 91.2 Å².